The number of allylic oxidation sites excluding steroid dienone is 1. The van der Waals surface area contributed by atoms with Gasteiger partial charge < -0.3 is 0 Å². The minimum absolute atomic E-state index is 0.0417. The maximum Gasteiger partial charge on any atom is 0.417 e. The standard InChI is InChI=1S/C13H12BrF3O/c1-8(2)3-6-12(18)10-5-4-9(14)7-11(10)13(15,16)17/h4-5,7H,1,3,6H2,2H3. The second kappa shape index (κ2) is 5.69. The lowest BCUT2D eigenvalue weighted by Crippen LogP contribution is -2.13. The summed E-state index contributed by atoms with van der Waals surface area (Å²) in [5.74, 6) is -0.516. The second-order valence-electron chi connectivity index (χ2n) is 4.07. The first kappa shape index (κ1) is 15.0. The van der Waals surface area contributed by atoms with Crippen LogP contribution in [0, 0.1) is 0 Å². The number of carbonyl (C=O) groups excluding carboxylic acids is 1. The molecule has 0 aromatic heterocycles. The Bertz CT molecular complexity index is 478. The summed E-state index contributed by atoms with van der Waals surface area (Å²) >= 11 is 2.97. The van der Waals surface area contributed by atoms with E-state index in [9.17, 15) is 18.0 Å². The predicted molar refractivity (Wildman–Crippen MR) is 67.5 cm³/mol. The molecule has 0 unspecified atom stereocenters. The summed E-state index contributed by atoms with van der Waals surface area (Å²) in [6.07, 6.45) is -4.09. The SMILES string of the molecule is C=C(C)CCC(=O)c1ccc(Br)cc1C(F)(F)F. The number of rotatable bonds is 4. The molecule has 0 aliphatic rings. The highest BCUT2D eigenvalue weighted by Crippen LogP contribution is 2.34. The molecule has 1 aromatic carbocycles. The molecule has 1 nitrogen and oxygen atoms in total. The van der Waals surface area contributed by atoms with Crippen molar-refractivity contribution in [1.82, 2.24) is 0 Å². The molecule has 0 amide bonds. The summed E-state index contributed by atoms with van der Waals surface area (Å²) in [5, 5.41) is 0. The van der Waals surface area contributed by atoms with Gasteiger partial charge in [-0.1, -0.05) is 21.5 Å². The van der Waals surface area contributed by atoms with Crippen LogP contribution in [0.1, 0.15) is 35.7 Å². The third-order valence-electron chi connectivity index (χ3n) is 2.37. The van der Waals surface area contributed by atoms with Gasteiger partial charge in [0.15, 0.2) is 5.78 Å². The van der Waals surface area contributed by atoms with Gasteiger partial charge in [0.2, 0.25) is 0 Å². The minimum atomic E-state index is -4.53. The van der Waals surface area contributed by atoms with Gasteiger partial charge in [0.25, 0.3) is 0 Å². The summed E-state index contributed by atoms with van der Waals surface area (Å²) in [6, 6.07) is 3.56. The van der Waals surface area contributed by atoms with Gasteiger partial charge >= 0.3 is 6.18 Å². The average Bonchev–Trinajstić information content (AvgIpc) is 2.24. The van der Waals surface area contributed by atoms with Gasteiger partial charge in [0.1, 0.15) is 0 Å². The Balaban J connectivity index is 3.08. The molecule has 5 heteroatoms. The van der Waals surface area contributed by atoms with E-state index in [1.807, 2.05) is 0 Å². The van der Waals surface area contributed by atoms with Crippen molar-refractivity contribution >= 4 is 21.7 Å². The van der Waals surface area contributed by atoms with Crippen molar-refractivity contribution in [3.63, 3.8) is 0 Å². The number of carbonyl (C=O) groups is 1. The zero-order valence-electron chi connectivity index (χ0n) is 9.77. The van der Waals surface area contributed by atoms with Crippen molar-refractivity contribution in [1.29, 1.82) is 0 Å². The molecular weight excluding hydrogens is 309 g/mol. The number of hydrogen-bond acceptors (Lipinski definition) is 1. The second-order valence-corrected chi connectivity index (χ2v) is 4.98. The first-order valence-corrected chi connectivity index (χ1v) is 6.05. The van der Waals surface area contributed by atoms with Gasteiger partial charge in [-0.25, -0.2) is 0 Å². The maximum atomic E-state index is 12.8. The molecule has 0 heterocycles. The molecule has 18 heavy (non-hydrogen) atoms. The van der Waals surface area contributed by atoms with Crippen LogP contribution in [0.15, 0.2) is 34.8 Å². The van der Waals surface area contributed by atoms with Crippen LogP contribution in [0.5, 0.6) is 0 Å². The molecule has 0 aliphatic carbocycles. The predicted octanol–water partition coefficient (Wildman–Crippen LogP) is 5.01. The Hall–Kier alpha value is -1.10. The molecule has 0 bridgehead atoms. The van der Waals surface area contributed by atoms with E-state index in [0.717, 1.165) is 11.6 Å². The van der Waals surface area contributed by atoms with Crippen molar-refractivity contribution in [3.8, 4) is 0 Å². The zero-order valence-corrected chi connectivity index (χ0v) is 11.4. The number of halogens is 4. The first-order valence-electron chi connectivity index (χ1n) is 5.26. The molecule has 0 spiro atoms. The Labute approximate surface area is 112 Å². The molecule has 0 radical (unpaired) electrons. The van der Waals surface area contributed by atoms with E-state index in [0.29, 0.717) is 10.9 Å². The van der Waals surface area contributed by atoms with E-state index in [1.165, 1.54) is 12.1 Å². The van der Waals surface area contributed by atoms with Crippen LogP contribution < -0.4 is 0 Å². The van der Waals surface area contributed by atoms with Crippen molar-refractivity contribution in [2.75, 3.05) is 0 Å². The monoisotopic (exact) mass is 320 g/mol. The van der Waals surface area contributed by atoms with Crippen molar-refractivity contribution < 1.29 is 18.0 Å². The molecule has 0 atom stereocenters. The molecule has 0 saturated heterocycles. The van der Waals surface area contributed by atoms with Gasteiger partial charge in [-0.2, -0.15) is 13.2 Å². The zero-order chi connectivity index (χ0) is 13.9. The molecule has 98 valence electrons. The summed E-state index contributed by atoms with van der Waals surface area (Å²) in [4.78, 5) is 11.8. The Morgan fingerprint density at radius 3 is 2.44 bits per heavy atom. The summed E-state index contributed by atoms with van der Waals surface area (Å²) in [7, 11) is 0. The summed E-state index contributed by atoms with van der Waals surface area (Å²) < 4.78 is 38.7. The normalized spacial score (nSPS) is 11.4. The van der Waals surface area contributed by atoms with Crippen molar-refractivity contribution in [2.24, 2.45) is 0 Å². The lowest BCUT2D eigenvalue weighted by molar-refractivity contribution is -0.138. The smallest absolute Gasteiger partial charge is 0.294 e. The largest absolute Gasteiger partial charge is 0.417 e. The summed E-state index contributed by atoms with van der Waals surface area (Å²) in [5.41, 5.74) is -0.412. The number of alkyl halides is 3. The molecule has 0 aliphatic heterocycles. The van der Waals surface area contributed by atoms with E-state index < -0.39 is 17.5 Å². The van der Waals surface area contributed by atoms with Crippen LogP contribution in [-0.4, -0.2) is 5.78 Å². The number of benzene rings is 1. The van der Waals surface area contributed by atoms with Crippen LogP contribution in [0.25, 0.3) is 0 Å². The fourth-order valence-electron chi connectivity index (χ4n) is 1.46. The molecule has 1 aromatic rings. The van der Waals surface area contributed by atoms with E-state index in [2.05, 4.69) is 22.5 Å². The molecule has 0 N–H and O–H groups in total. The van der Waals surface area contributed by atoms with E-state index in [4.69, 9.17) is 0 Å². The number of hydrogen-bond donors (Lipinski definition) is 0. The minimum Gasteiger partial charge on any atom is -0.294 e. The fourth-order valence-corrected chi connectivity index (χ4v) is 1.82. The van der Waals surface area contributed by atoms with Crippen LogP contribution in [0.4, 0.5) is 13.2 Å². The highest BCUT2D eigenvalue weighted by Gasteiger charge is 2.35. The lowest BCUT2D eigenvalue weighted by Gasteiger charge is -2.12. The first-order chi connectivity index (χ1) is 8.21. The van der Waals surface area contributed by atoms with Gasteiger partial charge in [-0.05, 0) is 31.5 Å². The maximum absolute atomic E-state index is 12.8. The molecular formula is C13H12BrF3O. The average molecular weight is 321 g/mol. The quantitative estimate of drug-likeness (QED) is 0.563. The Kier molecular flexibility index (Phi) is 4.73. The van der Waals surface area contributed by atoms with Crippen LogP contribution in [-0.2, 0) is 6.18 Å². The Morgan fingerprint density at radius 2 is 1.94 bits per heavy atom. The Morgan fingerprint density at radius 1 is 1.33 bits per heavy atom. The van der Waals surface area contributed by atoms with Crippen LogP contribution >= 0.6 is 15.9 Å². The van der Waals surface area contributed by atoms with Gasteiger partial charge in [-0.3, -0.25) is 4.79 Å². The number of Topliss-reactive ketones (excluding diaryl/α,β-unsaturated/α-hetero) is 1. The number of ketones is 1. The topological polar surface area (TPSA) is 17.1 Å². The van der Waals surface area contributed by atoms with Crippen LogP contribution in [0.3, 0.4) is 0 Å². The fraction of sp³-hybridized carbons (Fsp3) is 0.308. The van der Waals surface area contributed by atoms with Crippen LogP contribution in [0.2, 0.25) is 0 Å². The third kappa shape index (κ3) is 3.98. The highest BCUT2D eigenvalue weighted by molar-refractivity contribution is 9.10. The molecule has 0 fully saturated rings. The third-order valence-corrected chi connectivity index (χ3v) is 2.86. The van der Waals surface area contributed by atoms with E-state index in [-0.39, 0.29) is 12.0 Å². The summed E-state index contributed by atoms with van der Waals surface area (Å²) in [6.45, 7) is 5.36. The van der Waals surface area contributed by atoms with Crippen molar-refractivity contribution in [3.05, 3.63) is 46.0 Å². The van der Waals surface area contributed by atoms with E-state index in [1.54, 1.807) is 6.92 Å². The van der Waals surface area contributed by atoms with Gasteiger partial charge in [-0.15, -0.1) is 6.58 Å². The molecule has 0 saturated carbocycles. The highest BCUT2D eigenvalue weighted by atomic mass is 79.9. The lowest BCUT2D eigenvalue weighted by atomic mass is 9.99. The van der Waals surface area contributed by atoms with Gasteiger partial charge in [0, 0.05) is 16.5 Å². The van der Waals surface area contributed by atoms with Crippen molar-refractivity contribution in [2.45, 2.75) is 25.9 Å². The van der Waals surface area contributed by atoms with Gasteiger partial charge in [0.05, 0.1) is 5.56 Å². The van der Waals surface area contributed by atoms with E-state index >= 15 is 0 Å². The molecule has 1 rings (SSSR count).